The summed E-state index contributed by atoms with van der Waals surface area (Å²) in [6.07, 6.45) is 4.37. The van der Waals surface area contributed by atoms with Gasteiger partial charge in [0.25, 0.3) is 10.0 Å². The number of hydrogen-bond donors (Lipinski definition) is 1. The average molecular weight is 578 g/mol. The second-order valence-corrected chi connectivity index (χ2v) is 12.3. The molecule has 1 N–H and O–H groups in total. The van der Waals surface area contributed by atoms with Crippen molar-refractivity contribution in [2.45, 2.75) is 69.5 Å². The second kappa shape index (κ2) is 13.7. The second-order valence-electron chi connectivity index (χ2n) is 10.4. The molecule has 2 amide bonds. The van der Waals surface area contributed by atoms with Crippen molar-refractivity contribution in [2.24, 2.45) is 0 Å². The van der Waals surface area contributed by atoms with Crippen LogP contribution in [0.15, 0.2) is 83.8 Å². The Kier molecular flexibility index (Phi) is 10.0. The summed E-state index contributed by atoms with van der Waals surface area (Å²) in [5.41, 5.74) is 1.93. The molecule has 9 heteroatoms. The maximum absolute atomic E-state index is 14.2. The largest absolute Gasteiger partial charge is 0.497 e. The molecule has 1 aliphatic rings. The number of aryl methyl sites for hydroxylation is 1. The molecule has 0 aromatic heterocycles. The van der Waals surface area contributed by atoms with Crippen LogP contribution in [0.3, 0.4) is 0 Å². The summed E-state index contributed by atoms with van der Waals surface area (Å²) in [6.45, 7) is 3.37. The van der Waals surface area contributed by atoms with Gasteiger partial charge in [-0.1, -0.05) is 68.3 Å². The molecule has 8 nitrogen and oxygen atoms in total. The van der Waals surface area contributed by atoms with Crippen LogP contribution in [0.5, 0.6) is 5.75 Å². The standard InChI is InChI=1S/C32H39N3O5S/c1-4-29(32(37)33-26-13-9-10-14-26)34(22-25-18-20-27(40-3)21-19-25)31(36)23-35(30-17-11-8-12-24(30)2)41(38,39)28-15-6-5-7-16-28/h5-8,11-12,15-21,26,29H,4,9-10,13-14,22-23H2,1-3H3,(H,33,37). The van der Waals surface area contributed by atoms with Crippen LogP contribution in [0.4, 0.5) is 5.69 Å². The highest BCUT2D eigenvalue weighted by Crippen LogP contribution is 2.28. The molecule has 3 aromatic carbocycles. The number of nitrogens with zero attached hydrogens (tertiary/aromatic N) is 2. The van der Waals surface area contributed by atoms with E-state index in [1.807, 2.05) is 38.1 Å². The van der Waals surface area contributed by atoms with Crippen LogP contribution in [0.25, 0.3) is 0 Å². The number of carbonyl (C=O) groups excluding carboxylic acids is 2. The lowest BCUT2D eigenvalue weighted by atomic mass is 10.1. The number of sulfonamides is 1. The van der Waals surface area contributed by atoms with Crippen molar-refractivity contribution >= 4 is 27.5 Å². The summed E-state index contributed by atoms with van der Waals surface area (Å²) in [7, 11) is -2.51. The van der Waals surface area contributed by atoms with E-state index in [-0.39, 0.29) is 23.4 Å². The highest BCUT2D eigenvalue weighted by atomic mass is 32.2. The number of ether oxygens (including phenoxy) is 1. The number of benzene rings is 3. The first kappa shape index (κ1) is 30.1. The van der Waals surface area contributed by atoms with Crippen molar-refractivity contribution in [2.75, 3.05) is 18.0 Å². The molecule has 3 aromatic rings. The highest BCUT2D eigenvalue weighted by Gasteiger charge is 2.34. The summed E-state index contributed by atoms with van der Waals surface area (Å²) in [4.78, 5) is 29.3. The van der Waals surface area contributed by atoms with Crippen LogP contribution in [-0.4, -0.2) is 50.9 Å². The van der Waals surface area contributed by atoms with Gasteiger partial charge in [0.2, 0.25) is 11.8 Å². The first-order valence-corrected chi connectivity index (χ1v) is 15.5. The Bertz CT molecular complexity index is 1420. The highest BCUT2D eigenvalue weighted by molar-refractivity contribution is 7.92. The van der Waals surface area contributed by atoms with Crippen LogP contribution in [0, 0.1) is 6.92 Å². The predicted octanol–water partition coefficient (Wildman–Crippen LogP) is 5.07. The van der Waals surface area contributed by atoms with E-state index in [0.29, 0.717) is 23.4 Å². The number of carbonyl (C=O) groups is 2. The van der Waals surface area contributed by atoms with Gasteiger partial charge >= 0.3 is 0 Å². The molecular weight excluding hydrogens is 538 g/mol. The number of rotatable bonds is 12. The number of methoxy groups -OCH3 is 1. The fraction of sp³-hybridized carbons (Fsp3) is 0.375. The van der Waals surface area contributed by atoms with E-state index in [0.717, 1.165) is 35.6 Å². The minimum Gasteiger partial charge on any atom is -0.497 e. The molecule has 1 atom stereocenters. The van der Waals surface area contributed by atoms with Gasteiger partial charge in [-0.25, -0.2) is 8.42 Å². The van der Waals surface area contributed by atoms with E-state index in [1.54, 1.807) is 49.6 Å². The van der Waals surface area contributed by atoms with Crippen molar-refractivity contribution in [1.29, 1.82) is 0 Å². The van der Waals surface area contributed by atoms with Gasteiger partial charge in [-0.15, -0.1) is 0 Å². The predicted molar refractivity (Wildman–Crippen MR) is 160 cm³/mol. The lowest BCUT2D eigenvalue weighted by Gasteiger charge is -2.34. The minimum absolute atomic E-state index is 0.0868. The quantitative estimate of drug-likeness (QED) is 0.325. The van der Waals surface area contributed by atoms with Crippen molar-refractivity contribution in [3.63, 3.8) is 0 Å². The third-order valence-electron chi connectivity index (χ3n) is 7.59. The third kappa shape index (κ3) is 7.27. The Morgan fingerprint density at radius 2 is 1.59 bits per heavy atom. The maximum atomic E-state index is 14.2. The molecule has 1 fully saturated rings. The smallest absolute Gasteiger partial charge is 0.264 e. The molecule has 1 aliphatic carbocycles. The van der Waals surface area contributed by atoms with Crippen LogP contribution >= 0.6 is 0 Å². The Hall–Kier alpha value is -3.85. The van der Waals surface area contributed by atoms with Gasteiger partial charge in [-0.3, -0.25) is 13.9 Å². The minimum atomic E-state index is -4.09. The van der Waals surface area contributed by atoms with E-state index >= 15 is 0 Å². The van der Waals surface area contributed by atoms with Crippen molar-refractivity contribution in [3.8, 4) is 5.75 Å². The number of amides is 2. The van der Waals surface area contributed by atoms with Gasteiger partial charge in [0, 0.05) is 12.6 Å². The lowest BCUT2D eigenvalue weighted by Crippen LogP contribution is -2.53. The zero-order valence-corrected chi connectivity index (χ0v) is 24.8. The SMILES string of the molecule is CCC(C(=O)NC1CCCC1)N(Cc1ccc(OC)cc1)C(=O)CN(c1ccccc1C)S(=O)(=O)c1ccccc1. The van der Waals surface area contributed by atoms with E-state index in [1.165, 1.54) is 17.0 Å². The molecule has 218 valence electrons. The van der Waals surface area contributed by atoms with Gasteiger partial charge in [0.15, 0.2) is 0 Å². The summed E-state index contributed by atoms with van der Waals surface area (Å²) in [6, 6.07) is 21.8. The molecule has 4 rings (SSSR count). The summed E-state index contributed by atoms with van der Waals surface area (Å²) in [5.74, 6) is 0.00365. The lowest BCUT2D eigenvalue weighted by molar-refractivity contribution is -0.140. The topological polar surface area (TPSA) is 96.0 Å². The Morgan fingerprint density at radius 3 is 2.20 bits per heavy atom. The van der Waals surface area contributed by atoms with Crippen LogP contribution < -0.4 is 14.4 Å². The van der Waals surface area contributed by atoms with Crippen LogP contribution in [0.2, 0.25) is 0 Å². The molecule has 0 heterocycles. The van der Waals surface area contributed by atoms with E-state index in [9.17, 15) is 18.0 Å². The molecule has 0 aliphatic heterocycles. The molecular formula is C32H39N3O5S. The molecule has 0 bridgehead atoms. The molecule has 0 radical (unpaired) electrons. The van der Waals surface area contributed by atoms with Crippen LogP contribution in [0.1, 0.15) is 50.2 Å². The molecule has 1 saturated carbocycles. The normalized spacial score (nSPS) is 14.3. The number of para-hydroxylation sites is 1. The van der Waals surface area contributed by atoms with E-state index in [2.05, 4.69) is 5.32 Å². The van der Waals surface area contributed by atoms with Gasteiger partial charge in [-0.05, 0) is 67.6 Å². The fourth-order valence-corrected chi connectivity index (χ4v) is 6.79. The van der Waals surface area contributed by atoms with Crippen molar-refractivity contribution < 1.29 is 22.7 Å². The maximum Gasteiger partial charge on any atom is 0.264 e. The first-order valence-electron chi connectivity index (χ1n) is 14.1. The Balaban J connectivity index is 1.71. The summed E-state index contributed by atoms with van der Waals surface area (Å²) < 4.78 is 34.3. The van der Waals surface area contributed by atoms with Gasteiger partial charge in [0.1, 0.15) is 18.3 Å². The van der Waals surface area contributed by atoms with E-state index in [4.69, 9.17) is 4.74 Å². The average Bonchev–Trinajstić information content (AvgIpc) is 3.50. The van der Waals surface area contributed by atoms with Crippen LogP contribution in [-0.2, 0) is 26.2 Å². The summed E-state index contributed by atoms with van der Waals surface area (Å²) >= 11 is 0. The molecule has 41 heavy (non-hydrogen) atoms. The van der Waals surface area contributed by atoms with Gasteiger partial charge < -0.3 is 15.0 Å². The van der Waals surface area contributed by atoms with Crippen molar-refractivity contribution in [3.05, 3.63) is 90.0 Å². The monoisotopic (exact) mass is 577 g/mol. The number of anilines is 1. The first-order chi connectivity index (χ1) is 19.7. The third-order valence-corrected chi connectivity index (χ3v) is 9.37. The summed E-state index contributed by atoms with van der Waals surface area (Å²) in [5, 5.41) is 3.13. The Labute approximate surface area is 243 Å². The van der Waals surface area contributed by atoms with E-state index < -0.39 is 28.5 Å². The zero-order chi connectivity index (χ0) is 29.4. The molecule has 0 saturated heterocycles. The molecule has 0 spiro atoms. The Morgan fingerprint density at radius 1 is 0.951 bits per heavy atom. The number of hydrogen-bond acceptors (Lipinski definition) is 5. The molecule has 1 unspecified atom stereocenters. The van der Waals surface area contributed by atoms with Gasteiger partial charge in [-0.2, -0.15) is 0 Å². The zero-order valence-electron chi connectivity index (χ0n) is 24.0. The van der Waals surface area contributed by atoms with Gasteiger partial charge in [0.05, 0.1) is 17.7 Å². The number of nitrogens with one attached hydrogen (secondary N) is 1. The van der Waals surface area contributed by atoms with Crippen molar-refractivity contribution in [1.82, 2.24) is 10.2 Å². The fourth-order valence-electron chi connectivity index (χ4n) is 5.29.